The van der Waals surface area contributed by atoms with Gasteiger partial charge in [0.25, 0.3) is 0 Å². The molecular formula is C9H9N3O. The highest BCUT2D eigenvalue weighted by atomic mass is 16.3. The molecule has 1 N–H and O–H groups in total. The molecule has 1 atom stereocenters. The van der Waals surface area contributed by atoms with Gasteiger partial charge in [-0.05, 0) is 13.0 Å². The van der Waals surface area contributed by atoms with Gasteiger partial charge in [0.05, 0.1) is 23.5 Å². The van der Waals surface area contributed by atoms with Crippen molar-refractivity contribution in [3.8, 4) is 0 Å². The summed E-state index contributed by atoms with van der Waals surface area (Å²) in [6.45, 7) is 1.68. The summed E-state index contributed by atoms with van der Waals surface area (Å²) in [6.07, 6.45) is 4.27. The quantitative estimate of drug-likeness (QED) is 0.704. The highest BCUT2D eigenvalue weighted by Gasteiger charge is 2.03. The third-order valence-corrected chi connectivity index (χ3v) is 1.84. The van der Waals surface area contributed by atoms with Gasteiger partial charge in [-0.2, -0.15) is 0 Å². The Morgan fingerprint density at radius 2 is 2.15 bits per heavy atom. The molecule has 0 saturated heterocycles. The van der Waals surface area contributed by atoms with E-state index in [2.05, 4.69) is 15.0 Å². The largest absolute Gasteiger partial charge is 0.387 e. The number of aliphatic hydroxyl groups excluding tert-OH is 1. The van der Waals surface area contributed by atoms with Crippen LogP contribution in [0.4, 0.5) is 0 Å². The first-order chi connectivity index (χ1) is 6.27. The lowest BCUT2D eigenvalue weighted by Gasteiger charge is -2.03. The van der Waals surface area contributed by atoms with Crippen LogP contribution in [0, 0.1) is 0 Å². The average molecular weight is 175 g/mol. The van der Waals surface area contributed by atoms with Gasteiger partial charge >= 0.3 is 0 Å². The summed E-state index contributed by atoms with van der Waals surface area (Å²) < 4.78 is 0. The third-order valence-electron chi connectivity index (χ3n) is 1.84. The second-order valence-electron chi connectivity index (χ2n) is 2.87. The minimum atomic E-state index is -0.551. The van der Waals surface area contributed by atoms with Gasteiger partial charge < -0.3 is 5.11 Å². The molecule has 2 aromatic rings. The van der Waals surface area contributed by atoms with Gasteiger partial charge in [0, 0.05) is 11.6 Å². The summed E-state index contributed by atoms with van der Waals surface area (Å²) in [5, 5.41) is 10.2. The number of aliphatic hydroxyl groups is 1. The minimum Gasteiger partial charge on any atom is -0.387 e. The molecule has 0 radical (unpaired) electrons. The third kappa shape index (κ3) is 1.48. The molecule has 1 unspecified atom stereocenters. The van der Waals surface area contributed by atoms with Crippen molar-refractivity contribution in [1.82, 2.24) is 15.0 Å². The minimum absolute atomic E-state index is 0.551. The Hall–Kier alpha value is -1.55. The van der Waals surface area contributed by atoms with Crippen molar-refractivity contribution in [3.63, 3.8) is 0 Å². The van der Waals surface area contributed by atoms with Gasteiger partial charge in [0.1, 0.15) is 6.33 Å². The Kier molecular flexibility index (Phi) is 1.90. The van der Waals surface area contributed by atoms with E-state index in [9.17, 15) is 5.11 Å². The zero-order valence-corrected chi connectivity index (χ0v) is 7.18. The predicted octanol–water partition coefficient (Wildman–Crippen LogP) is 1.08. The molecule has 13 heavy (non-hydrogen) atoms. The Balaban J connectivity index is 2.62. The molecule has 0 aromatic carbocycles. The fraction of sp³-hybridized carbons (Fsp3) is 0.222. The molecule has 0 fully saturated rings. The van der Waals surface area contributed by atoms with Crippen LogP contribution in [-0.2, 0) is 0 Å². The Bertz CT molecular complexity index is 428. The topological polar surface area (TPSA) is 58.9 Å². The molecule has 4 nitrogen and oxygen atoms in total. The molecule has 4 heteroatoms. The van der Waals surface area contributed by atoms with Crippen LogP contribution >= 0.6 is 0 Å². The number of rotatable bonds is 1. The van der Waals surface area contributed by atoms with E-state index >= 15 is 0 Å². The lowest BCUT2D eigenvalue weighted by Crippen LogP contribution is -1.95. The van der Waals surface area contributed by atoms with Gasteiger partial charge in [-0.15, -0.1) is 0 Å². The first kappa shape index (κ1) is 8.07. The van der Waals surface area contributed by atoms with E-state index in [0.29, 0.717) is 5.69 Å². The summed E-state index contributed by atoms with van der Waals surface area (Å²) in [5.41, 5.74) is 1.43. The molecule has 2 aromatic heterocycles. The summed E-state index contributed by atoms with van der Waals surface area (Å²) >= 11 is 0. The highest BCUT2D eigenvalue weighted by molar-refractivity contribution is 5.76. The molecule has 66 valence electrons. The van der Waals surface area contributed by atoms with Crippen molar-refractivity contribution < 1.29 is 5.11 Å². The molecule has 0 aliphatic heterocycles. The van der Waals surface area contributed by atoms with E-state index in [0.717, 1.165) is 10.9 Å². The zero-order valence-electron chi connectivity index (χ0n) is 7.18. The van der Waals surface area contributed by atoms with Gasteiger partial charge in [-0.3, -0.25) is 4.98 Å². The first-order valence-electron chi connectivity index (χ1n) is 4.01. The second kappa shape index (κ2) is 3.06. The van der Waals surface area contributed by atoms with E-state index in [4.69, 9.17) is 0 Å². The van der Waals surface area contributed by atoms with Crippen LogP contribution in [0.5, 0.6) is 0 Å². The number of aromatic nitrogens is 3. The van der Waals surface area contributed by atoms with E-state index in [-0.39, 0.29) is 0 Å². The zero-order chi connectivity index (χ0) is 9.26. The van der Waals surface area contributed by atoms with Crippen molar-refractivity contribution in [3.05, 3.63) is 30.5 Å². The lowest BCUT2D eigenvalue weighted by molar-refractivity contribution is 0.194. The van der Waals surface area contributed by atoms with Crippen LogP contribution in [-0.4, -0.2) is 20.1 Å². The Labute approximate surface area is 75.3 Å². The molecule has 0 saturated carbocycles. The van der Waals surface area contributed by atoms with Gasteiger partial charge in [0.15, 0.2) is 0 Å². The van der Waals surface area contributed by atoms with Crippen LogP contribution in [0.3, 0.4) is 0 Å². The second-order valence-corrected chi connectivity index (χ2v) is 2.87. The van der Waals surface area contributed by atoms with E-state index < -0.39 is 6.10 Å². The number of fused-ring (bicyclic) bond motifs is 1. The van der Waals surface area contributed by atoms with Gasteiger partial charge in [-0.1, -0.05) is 0 Å². The number of hydrogen-bond acceptors (Lipinski definition) is 4. The summed E-state index contributed by atoms with van der Waals surface area (Å²) in [5.74, 6) is 0. The molecule has 2 heterocycles. The normalized spacial score (nSPS) is 13.1. The molecule has 0 bridgehead atoms. The smallest absolute Gasteiger partial charge is 0.116 e. The van der Waals surface area contributed by atoms with Crippen LogP contribution in [0.2, 0.25) is 0 Å². The number of hydrogen-bond donors (Lipinski definition) is 1. The van der Waals surface area contributed by atoms with E-state index in [1.807, 2.05) is 0 Å². The molecule has 0 amide bonds. The van der Waals surface area contributed by atoms with Crippen LogP contribution in [0.15, 0.2) is 24.8 Å². The summed E-state index contributed by atoms with van der Waals surface area (Å²) in [4.78, 5) is 12.0. The van der Waals surface area contributed by atoms with E-state index in [1.165, 1.54) is 6.33 Å². The maximum absolute atomic E-state index is 9.28. The van der Waals surface area contributed by atoms with Gasteiger partial charge in [-0.25, -0.2) is 9.97 Å². The van der Waals surface area contributed by atoms with Crippen molar-refractivity contribution in [1.29, 1.82) is 0 Å². The average Bonchev–Trinajstić information content (AvgIpc) is 2.17. The van der Waals surface area contributed by atoms with Crippen molar-refractivity contribution in [2.75, 3.05) is 0 Å². The Morgan fingerprint density at radius 1 is 1.31 bits per heavy atom. The van der Waals surface area contributed by atoms with Crippen LogP contribution in [0.25, 0.3) is 10.9 Å². The lowest BCUT2D eigenvalue weighted by atomic mass is 10.2. The predicted molar refractivity (Wildman–Crippen MR) is 48.0 cm³/mol. The van der Waals surface area contributed by atoms with E-state index in [1.54, 1.807) is 25.4 Å². The Morgan fingerprint density at radius 3 is 2.92 bits per heavy atom. The van der Waals surface area contributed by atoms with Crippen LogP contribution in [0.1, 0.15) is 18.7 Å². The SMILES string of the molecule is CC(O)c1cc2cncnc2cn1. The maximum Gasteiger partial charge on any atom is 0.116 e. The summed E-state index contributed by atoms with van der Waals surface area (Å²) in [6, 6.07) is 1.79. The first-order valence-corrected chi connectivity index (χ1v) is 4.01. The fourth-order valence-electron chi connectivity index (χ4n) is 1.13. The fourth-order valence-corrected chi connectivity index (χ4v) is 1.13. The van der Waals surface area contributed by atoms with Crippen LogP contribution < -0.4 is 0 Å². The summed E-state index contributed by atoms with van der Waals surface area (Å²) in [7, 11) is 0. The number of pyridine rings is 1. The van der Waals surface area contributed by atoms with Crippen molar-refractivity contribution in [2.24, 2.45) is 0 Å². The molecule has 0 spiro atoms. The monoisotopic (exact) mass is 175 g/mol. The van der Waals surface area contributed by atoms with Crippen molar-refractivity contribution in [2.45, 2.75) is 13.0 Å². The molecule has 0 aliphatic rings. The van der Waals surface area contributed by atoms with Crippen molar-refractivity contribution >= 4 is 10.9 Å². The van der Waals surface area contributed by atoms with Gasteiger partial charge in [0.2, 0.25) is 0 Å². The number of nitrogens with zero attached hydrogens (tertiary/aromatic N) is 3. The molecule has 0 aliphatic carbocycles. The maximum atomic E-state index is 9.28. The highest BCUT2D eigenvalue weighted by Crippen LogP contribution is 2.14. The standard InChI is InChI=1S/C9H9N3O/c1-6(13)8-2-7-3-10-5-12-9(7)4-11-8/h2-6,13H,1H3. The molecular weight excluding hydrogens is 166 g/mol. The molecule has 2 rings (SSSR count).